The second-order valence-corrected chi connectivity index (χ2v) is 4.35. The van der Waals surface area contributed by atoms with Gasteiger partial charge in [-0.1, -0.05) is 12.1 Å². The van der Waals surface area contributed by atoms with E-state index in [1.165, 1.54) is 30.3 Å². The lowest BCUT2D eigenvalue weighted by Gasteiger charge is -2.08. The Morgan fingerprint density at radius 3 is 2.24 bits per heavy atom. The second-order valence-electron chi connectivity index (χ2n) is 4.35. The molecular formula is C15H11F2NO3. The molecule has 6 heteroatoms. The predicted octanol–water partition coefficient (Wildman–Crippen LogP) is 2.84. The highest BCUT2D eigenvalue weighted by molar-refractivity contribution is 6.01. The minimum Gasteiger partial charge on any atom is -0.478 e. The average molecular weight is 291 g/mol. The number of carbonyl (C=O) groups is 2. The maximum absolute atomic E-state index is 13.0. The first kappa shape index (κ1) is 14.6. The van der Waals surface area contributed by atoms with Crippen LogP contribution in [0.2, 0.25) is 0 Å². The van der Waals surface area contributed by atoms with Crippen molar-refractivity contribution in [2.45, 2.75) is 6.42 Å². The summed E-state index contributed by atoms with van der Waals surface area (Å²) >= 11 is 0. The van der Waals surface area contributed by atoms with E-state index < -0.39 is 23.5 Å². The molecule has 2 aromatic carbocycles. The van der Waals surface area contributed by atoms with Crippen molar-refractivity contribution in [3.8, 4) is 0 Å². The molecule has 0 fully saturated rings. The van der Waals surface area contributed by atoms with E-state index in [0.717, 1.165) is 12.1 Å². The van der Waals surface area contributed by atoms with Crippen molar-refractivity contribution in [2.75, 3.05) is 5.32 Å². The van der Waals surface area contributed by atoms with Crippen molar-refractivity contribution in [1.29, 1.82) is 0 Å². The maximum Gasteiger partial charge on any atom is 0.337 e. The van der Waals surface area contributed by atoms with Gasteiger partial charge in [-0.15, -0.1) is 0 Å². The number of amides is 1. The number of hydrogen-bond acceptors (Lipinski definition) is 2. The van der Waals surface area contributed by atoms with E-state index in [0.29, 0.717) is 5.56 Å². The highest BCUT2D eigenvalue weighted by atomic mass is 19.1. The zero-order chi connectivity index (χ0) is 15.4. The van der Waals surface area contributed by atoms with Crippen LogP contribution in [0.5, 0.6) is 0 Å². The van der Waals surface area contributed by atoms with Gasteiger partial charge >= 0.3 is 5.97 Å². The van der Waals surface area contributed by atoms with Gasteiger partial charge < -0.3 is 10.4 Å². The van der Waals surface area contributed by atoms with Crippen LogP contribution in [-0.4, -0.2) is 17.0 Å². The number of carbonyl (C=O) groups excluding carboxylic acids is 1. The van der Waals surface area contributed by atoms with E-state index in [1.807, 2.05) is 0 Å². The molecule has 0 saturated carbocycles. The zero-order valence-corrected chi connectivity index (χ0v) is 10.8. The first-order valence-corrected chi connectivity index (χ1v) is 6.03. The minimum atomic E-state index is -1.34. The Bertz CT molecular complexity index is 684. The molecular weight excluding hydrogens is 280 g/mol. The second kappa shape index (κ2) is 6.13. The number of anilines is 1. The summed E-state index contributed by atoms with van der Waals surface area (Å²) in [6.07, 6.45) is -0.0449. The molecule has 0 aliphatic carbocycles. The van der Waals surface area contributed by atoms with Gasteiger partial charge in [-0.2, -0.15) is 0 Å². The van der Waals surface area contributed by atoms with Crippen LogP contribution in [0.15, 0.2) is 42.5 Å². The topological polar surface area (TPSA) is 66.4 Å². The van der Waals surface area contributed by atoms with Gasteiger partial charge in [-0.3, -0.25) is 4.79 Å². The summed E-state index contributed by atoms with van der Waals surface area (Å²) in [7, 11) is 0. The molecule has 0 bridgehead atoms. The first-order chi connectivity index (χ1) is 9.95. The van der Waals surface area contributed by atoms with Crippen LogP contribution >= 0.6 is 0 Å². The number of halogens is 2. The molecule has 2 N–H and O–H groups in total. The molecule has 0 aliphatic rings. The van der Waals surface area contributed by atoms with E-state index >= 15 is 0 Å². The van der Waals surface area contributed by atoms with Crippen molar-refractivity contribution in [2.24, 2.45) is 0 Å². The van der Waals surface area contributed by atoms with Gasteiger partial charge in [0.1, 0.15) is 11.6 Å². The Hall–Kier alpha value is -2.76. The quantitative estimate of drug-likeness (QED) is 0.910. The van der Waals surface area contributed by atoms with Crippen LogP contribution in [0.25, 0.3) is 0 Å². The smallest absolute Gasteiger partial charge is 0.337 e. The normalized spacial score (nSPS) is 10.2. The average Bonchev–Trinajstić information content (AvgIpc) is 2.43. The SMILES string of the molecule is O=C(Cc1ccc(F)cc1)Nc1ccc(F)cc1C(=O)O. The Morgan fingerprint density at radius 1 is 1.00 bits per heavy atom. The monoisotopic (exact) mass is 291 g/mol. The number of hydrogen-bond donors (Lipinski definition) is 2. The maximum atomic E-state index is 13.0. The van der Waals surface area contributed by atoms with Crippen LogP contribution in [0.1, 0.15) is 15.9 Å². The standard InChI is InChI=1S/C15H11F2NO3/c16-10-3-1-9(2-4-10)7-14(19)18-13-6-5-11(17)8-12(13)15(20)21/h1-6,8H,7H2,(H,18,19)(H,20,21). The number of carboxylic acid groups (broad SMARTS) is 1. The van der Waals surface area contributed by atoms with Crippen molar-refractivity contribution in [3.63, 3.8) is 0 Å². The summed E-state index contributed by atoms with van der Waals surface area (Å²) in [6.45, 7) is 0. The van der Waals surface area contributed by atoms with E-state index in [-0.39, 0.29) is 17.7 Å². The van der Waals surface area contributed by atoms with Crippen LogP contribution in [-0.2, 0) is 11.2 Å². The Morgan fingerprint density at radius 2 is 1.62 bits per heavy atom. The fraction of sp³-hybridized carbons (Fsp3) is 0.0667. The largest absolute Gasteiger partial charge is 0.478 e. The first-order valence-electron chi connectivity index (χ1n) is 6.03. The molecule has 0 atom stereocenters. The number of carboxylic acids is 1. The fourth-order valence-corrected chi connectivity index (χ4v) is 1.78. The third kappa shape index (κ3) is 3.85. The van der Waals surface area contributed by atoms with Gasteiger partial charge in [0.25, 0.3) is 0 Å². The number of aromatic carboxylic acids is 1. The Balaban J connectivity index is 2.12. The third-order valence-electron chi connectivity index (χ3n) is 2.76. The summed E-state index contributed by atoms with van der Waals surface area (Å²) in [6, 6.07) is 8.43. The summed E-state index contributed by atoms with van der Waals surface area (Å²) in [5, 5.41) is 11.4. The lowest BCUT2D eigenvalue weighted by Crippen LogP contribution is -2.17. The minimum absolute atomic E-state index is 0.0102. The van der Waals surface area contributed by atoms with Crippen LogP contribution < -0.4 is 5.32 Å². The summed E-state index contributed by atoms with van der Waals surface area (Å²) in [4.78, 5) is 22.8. The molecule has 0 aromatic heterocycles. The molecule has 4 nitrogen and oxygen atoms in total. The van der Waals surface area contributed by atoms with E-state index in [2.05, 4.69) is 5.32 Å². The number of nitrogens with one attached hydrogen (secondary N) is 1. The van der Waals surface area contributed by atoms with Crippen molar-refractivity contribution < 1.29 is 23.5 Å². The Kier molecular flexibility index (Phi) is 4.27. The van der Waals surface area contributed by atoms with Gasteiger partial charge in [0.15, 0.2) is 0 Å². The molecule has 0 radical (unpaired) electrons. The predicted molar refractivity (Wildman–Crippen MR) is 72.1 cm³/mol. The van der Waals surface area contributed by atoms with Crippen molar-refractivity contribution in [3.05, 3.63) is 65.2 Å². The lowest BCUT2D eigenvalue weighted by atomic mass is 10.1. The van der Waals surface area contributed by atoms with Crippen LogP contribution in [0.3, 0.4) is 0 Å². The molecule has 0 heterocycles. The van der Waals surface area contributed by atoms with Gasteiger partial charge in [0, 0.05) is 0 Å². The van der Waals surface area contributed by atoms with Gasteiger partial charge in [0.2, 0.25) is 5.91 Å². The van der Waals surface area contributed by atoms with Crippen molar-refractivity contribution in [1.82, 2.24) is 0 Å². The summed E-state index contributed by atoms with van der Waals surface area (Å²) in [5.41, 5.74) is 0.256. The van der Waals surface area contributed by atoms with E-state index in [9.17, 15) is 18.4 Å². The van der Waals surface area contributed by atoms with Crippen molar-refractivity contribution >= 4 is 17.6 Å². The highest BCUT2D eigenvalue weighted by Crippen LogP contribution is 2.17. The fourth-order valence-electron chi connectivity index (χ4n) is 1.78. The Labute approximate surface area is 119 Å². The van der Waals surface area contributed by atoms with Gasteiger partial charge in [-0.05, 0) is 35.9 Å². The molecule has 0 unspecified atom stereocenters. The number of benzene rings is 2. The van der Waals surface area contributed by atoms with Crippen LogP contribution in [0, 0.1) is 11.6 Å². The molecule has 21 heavy (non-hydrogen) atoms. The van der Waals surface area contributed by atoms with E-state index in [1.54, 1.807) is 0 Å². The molecule has 0 saturated heterocycles. The van der Waals surface area contributed by atoms with Crippen LogP contribution in [0.4, 0.5) is 14.5 Å². The summed E-state index contributed by atoms with van der Waals surface area (Å²) < 4.78 is 25.8. The van der Waals surface area contributed by atoms with Gasteiger partial charge in [-0.25, -0.2) is 13.6 Å². The summed E-state index contributed by atoms with van der Waals surface area (Å²) in [5.74, 6) is -2.93. The number of rotatable bonds is 4. The lowest BCUT2D eigenvalue weighted by molar-refractivity contribution is -0.115. The molecule has 2 rings (SSSR count). The molecule has 108 valence electrons. The van der Waals surface area contributed by atoms with E-state index in [4.69, 9.17) is 5.11 Å². The molecule has 0 spiro atoms. The van der Waals surface area contributed by atoms with Gasteiger partial charge in [0.05, 0.1) is 17.7 Å². The third-order valence-corrected chi connectivity index (χ3v) is 2.76. The molecule has 1 amide bonds. The zero-order valence-electron chi connectivity index (χ0n) is 10.8. The highest BCUT2D eigenvalue weighted by Gasteiger charge is 2.13. The molecule has 2 aromatic rings. The molecule has 0 aliphatic heterocycles.